The van der Waals surface area contributed by atoms with Crippen molar-refractivity contribution in [3.63, 3.8) is 0 Å². The van der Waals surface area contributed by atoms with Crippen LogP contribution in [0.25, 0.3) is 0 Å². The van der Waals surface area contributed by atoms with Gasteiger partial charge in [0.2, 0.25) is 5.91 Å². The van der Waals surface area contributed by atoms with E-state index in [1.165, 1.54) is 18.9 Å². The number of carbonyl (C=O) groups is 2. The first-order chi connectivity index (χ1) is 14.8. The van der Waals surface area contributed by atoms with Gasteiger partial charge in [-0.2, -0.15) is 0 Å². The molecule has 7 nitrogen and oxygen atoms in total. The predicted molar refractivity (Wildman–Crippen MR) is 118 cm³/mol. The molecule has 3 rings (SSSR count). The molecule has 1 saturated heterocycles. The molecule has 8 heteroatoms. The minimum Gasteiger partial charge on any atom is -0.497 e. The second kappa shape index (κ2) is 9.51. The summed E-state index contributed by atoms with van der Waals surface area (Å²) in [4.78, 5) is 26.4. The Morgan fingerprint density at radius 3 is 2.35 bits per heavy atom. The van der Waals surface area contributed by atoms with Gasteiger partial charge in [-0.3, -0.25) is 9.59 Å². The third-order valence-electron chi connectivity index (χ3n) is 4.97. The minimum atomic E-state index is -1.17. The molecule has 2 aromatic rings. The van der Waals surface area contributed by atoms with Crippen LogP contribution in [0.2, 0.25) is 0 Å². The predicted octanol–water partition coefficient (Wildman–Crippen LogP) is 3.76. The molecule has 1 aliphatic rings. The summed E-state index contributed by atoms with van der Waals surface area (Å²) in [6.07, 6.45) is -0.0288. The molecular formula is C23H27NO6S. The van der Waals surface area contributed by atoms with Crippen molar-refractivity contribution in [2.75, 3.05) is 21.3 Å². The van der Waals surface area contributed by atoms with Crippen molar-refractivity contribution >= 4 is 23.6 Å². The number of benzene rings is 2. The minimum absolute atomic E-state index is 0.00635. The maximum atomic E-state index is 13.0. The number of amides is 1. The Hall–Kier alpha value is -2.87. The number of ether oxygens (including phenoxy) is 4. The quantitative estimate of drug-likeness (QED) is 0.620. The number of esters is 1. The van der Waals surface area contributed by atoms with Crippen LogP contribution in [0.3, 0.4) is 0 Å². The fourth-order valence-corrected chi connectivity index (χ4v) is 4.97. The number of thioether (sulfide) groups is 1. The highest BCUT2D eigenvalue weighted by molar-refractivity contribution is 8.01. The first kappa shape index (κ1) is 22.8. The van der Waals surface area contributed by atoms with E-state index in [9.17, 15) is 9.59 Å². The molecule has 0 unspecified atom stereocenters. The van der Waals surface area contributed by atoms with Crippen LogP contribution in [-0.2, 0) is 14.3 Å². The van der Waals surface area contributed by atoms with Crippen LogP contribution in [0.4, 0.5) is 0 Å². The summed E-state index contributed by atoms with van der Waals surface area (Å²) in [6.45, 7) is 3.86. The van der Waals surface area contributed by atoms with Crippen molar-refractivity contribution in [3.05, 3.63) is 48.0 Å². The van der Waals surface area contributed by atoms with E-state index in [1.54, 1.807) is 26.4 Å². The van der Waals surface area contributed by atoms with E-state index in [2.05, 4.69) is 5.32 Å². The molecule has 2 aromatic carbocycles. The Bertz CT molecular complexity index is 946. The van der Waals surface area contributed by atoms with Gasteiger partial charge in [0.05, 0.1) is 39.9 Å². The molecule has 31 heavy (non-hydrogen) atoms. The summed E-state index contributed by atoms with van der Waals surface area (Å²) < 4.78 is 20.5. The van der Waals surface area contributed by atoms with E-state index in [-0.39, 0.29) is 18.4 Å². The van der Waals surface area contributed by atoms with E-state index >= 15 is 0 Å². The summed E-state index contributed by atoms with van der Waals surface area (Å²) in [5.74, 6) is 1.13. The molecule has 2 atom stereocenters. The molecule has 1 N–H and O–H groups in total. The van der Waals surface area contributed by atoms with Crippen LogP contribution in [-0.4, -0.2) is 44.1 Å². The van der Waals surface area contributed by atoms with Crippen LogP contribution in [0.1, 0.15) is 31.9 Å². The molecule has 166 valence electrons. The Labute approximate surface area is 186 Å². The van der Waals surface area contributed by atoms with Gasteiger partial charge < -0.3 is 24.3 Å². The fourth-order valence-electron chi connectivity index (χ4n) is 3.59. The largest absolute Gasteiger partial charge is 0.497 e. The summed E-state index contributed by atoms with van der Waals surface area (Å²) in [6, 6.07) is 12.1. The molecule has 0 radical (unpaired) electrons. The maximum Gasteiger partial charge on any atom is 0.325 e. The molecule has 0 aromatic heterocycles. The number of carbonyl (C=O) groups excluding carboxylic acids is 2. The van der Waals surface area contributed by atoms with Gasteiger partial charge in [-0.1, -0.05) is 6.07 Å². The number of hydrogen-bond donors (Lipinski definition) is 1. The molecule has 1 heterocycles. The number of nitrogens with one attached hydrogen (secondary N) is 1. The molecular weight excluding hydrogens is 418 g/mol. The lowest BCUT2D eigenvalue weighted by Crippen LogP contribution is -2.41. The number of methoxy groups -OCH3 is 3. The van der Waals surface area contributed by atoms with Gasteiger partial charge in [-0.25, -0.2) is 0 Å². The van der Waals surface area contributed by atoms with Gasteiger partial charge >= 0.3 is 5.97 Å². The van der Waals surface area contributed by atoms with Crippen LogP contribution >= 0.6 is 11.8 Å². The normalized spacial score (nSPS) is 20.3. The van der Waals surface area contributed by atoms with Crippen LogP contribution < -0.4 is 19.5 Å². The summed E-state index contributed by atoms with van der Waals surface area (Å²) in [7, 11) is 4.48. The van der Waals surface area contributed by atoms with Crippen molar-refractivity contribution in [1.82, 2.24) is 5.32 Å². The van der Waals surface area contributed by atoms with Crippen molar-refractivity contribution in [2.24, 2.45) is 0 Å². The van der Waals surface area contributed by atoms with Gasteiger partial charge in [0.15, 0.2) is 16.2 Å². The molecule has 0 saturated carbocycles. The van der Waals surface area contributed by atoms with Gasteiger partial charge in [-0.05, 0) is 55.8 Å². The third kappa shape index (κ3) is 4.74. The van der Waals surface area contributed by atoms with Crippen LogP contribution in [0, 0.1) is 0 Å². The average molecular weight is 446 g/mol. The average Bonchev–Trinajstić information content (AvgIpc) is 3.10. The van der Waals surface area contributed by atoms with Crippen molar-refractivity contribution in [2.45, 2.75) is 42.1 Å². The lowest BCUT2D eigenvalue weighted by Gasteiger charge is -2.31. The van der Waals surface area contributed by atoms with E-state index in [1.807, 2.05) is 44.2 Å². The van der Waals surface area contributed by atoms with Crippen LogP contribution in [0.15, 0.2) is 47.4 Å². The second-order valence-electron chi connectivity index (χ2n) is 7.41. The topological polar surface area (TPSA) is 83.1 Å². The van der Waals surface area contributed by atoms with Gasteiger partial charge in [0.25, 0.3) is 0 Å². The van der Waals surface area contributed by atoms with Gasteiger partial charge in [0, 0.05) is 4.90 Å². The number of rotatable bonds is 8. The Kier molecular flexibility index (Phi) is 7.00. The van der Waals surface area contributed by atoms with Crippen LogP contribution in [0.5, 0.6) is 17.2 Å². The Morgan fingerprint density at radius 1 is 1.06 bits per heavy atom. The fraction of sp³-hybridized carbons (Fsp3) is 0.391. The van der Waals surface area contributed by atoms with E-state index in [0.29, 0.717) is 17.2 Å². The molecule has 0 aliphatic carbocycles. The SMILES string of the molecule is COC(=O)[C@@]1(Sc2ccc(OC)cc2)CC(=O)N[C@@H]1c1ccc(OC(C)C)c(OC)c1. The smallest absolute Gasteiger partial charge is 0.325 e. The zero-order valence-electron chi connectivity index (χ0n) is 18.3. The first-order valence-corrected chi connectivity index (χ1v) is 10.7. The number of hydrogen-bond acceptors (Lipinski definition) is 7. The van der Waals surface area contributed by atoms with Gasteiger partial charge in [-0.15, -0.1) is 11.8 Å². The van der Waals surface area contributed by atoms with E-state index in [0.717, 1.165) is 10.5 Å². The summed E-state index contributed by atoms with van der Waals surface area (Å²) in [5.41, 5.74) is 0.727. The zero-order valence-corrected chi connectivity index (χ0v) is 19.1. The van der Waals surface area contributed by atoms with Crippen molar-refractivity contribution in [3.8, 4) is 17.2 Å². The lowest BCUT2D eigenvalue weighted by molar-refractivity contribution is -0.144. The molecule has 1 amide bonds. The monoisotopic (exact) mass is 445 g/mol. The van der Waals surface area contributed by atoms with E-state index < -0.39 is 16.8 Å². The Morgan fingerprint density at radius 2 is 1.77 bits per heavy atom. The maximum absolute atomic E-state index is 13.0. The molecule has 1 fully saturated rings. The summed E-state index contributed by atoms with van der Waals surface area (Å²) >= 11 is 1.30. The highest BCUT2D eigenvalue weighted by atomic mass is 32.2. The summed E-state index contributed by atoms with van der Waals surface area (Å²) in [5, 5.41) is 2.95. The zero-order chi connectivity index (χ0) is 22.6. The van der Waals surface area contributed by atoms with E-state index in [4.69, 9.17) is 18.9 Å². The second-order valence-corrected chi connectivity index (χ2v) is 8.82. The highest BCUT2D eigenvalue weighted by Crippen LogP contribution is 2.50. The first-order valence-electron chi connectivity index (χ1n) is 9.88. The molecule has 0 bridgehead atoms. The van der Waals surface area contributed by atoms with Crippen molar-refractivity contribution < 1.29 is 28.5 Å². The molecule has 0 spiro atoms. The molecule has 1 aliphatic heterocycles. The lowest BCUT2D eigenvalue weighted by atomic mass is 9.92. The van der Waals surface area contributed by atoms with Gasteiger partial charge in [0.1, 0.15) is 5.75 Å². The Balaban J connectivity index is 2.03. The van der Waals surface area contributed by atoms with Crippen molar-refractivity contribution in [1.29, 1.82) is 0 Å². The standard InChI is InChI=1S/C23H27NO6S/c1-14(2)30-18-11-6-15(12-19(18)28-4)21-23(22(26)29-5,13-20(25)24-21)31-17-9-7-16(27-3)8-10-17/h6-12,14,21H,13H2,1-5H3,(H,24,25)/t21-,23-/m1/s1. The highest BCUT2D eigenvalue weighted by Gasteiger charge is 2.55. The third-order valence-corrected chi connectivity index (χ3v) is 6.39.